The van der Waals surface area contributed by atoms with E-state index in [1.807, 2.05) is 12.1 Å². The first kappa shape index (κ1) is 38.7. The van der Waals surface area contributed by atoms with Gasteiger partial charge in [-0.15, -0.1) is 8.78 Å². The van der Waals surface area contributed by atoms with Crippen molar-refractivity contribution in [2.45, 2.75) is 31.3 Å². The van der Waals surface area contributed by atoms with Crippen LogP contribution in [-0.4, -0.2) is 76.0 Å². The normalized spacial score (nSPS) is 13.5. The van der Waals surface area contributed by atoms with E-state index >= 15 is 0 Å². The summed E-state index contributed by atoms with van der Waals surface area (Å²) >= 11 is 0. The molecule has 1 amide bonds. The van der Waals surface area contributed by atoms with Crippen molar-refractivity contribution in [3.8, 4) is 11.5 Å². The van der Waals surface area contributed by atoms with Crippen molar-refractivity contribution in [2.75, 3.05) is 29.0 Å². The number of aromatic nitrogens is 1. The van der Waals surface area contributed by atoms with E-state index in [9.17, 15) is 45.0 Å². The standard InChI is InChI=1S/C23H23F2N5O4.2C2HF3O2/c24-23(25)33-19-6-5-15(10-20(19)34-23)30-22(32)17-3-1-2-4-18(17)28-12-14-7-8-27-21(9-14)29-13-16(31)11-26;2*3-2(4,5)1(6)7/h1-10,16,28,31H,11-13,26H2,(H,27,29)(H,30,32);2*(H,6,7). The van der Waals surface area contributed by atoms with E-state index in [1.54, 1.807) is 30.5 Å². The number of nitrogens with two attached hydrogens (primary N) is 1. The van der Waals surface area contributed by atoms with Crippen LogP contribution >= 0.6 is 0 Å². The predicted molar refractivity (Wildman–Crippen MR) is 150 cm³/mol. The average molecular weight is 700 g/mol. The highest BCUT2D eigenvalue weighted by molar-refractivity contribution is 6.08. The highest BCUT2D eigenvalue weighted by Gasteiger charge is 2.43. The van der Waals surface area contributed by atoms with Crippen LogP contribution in [-0.2, 0) is 16.1 Å². The molecule has 1 aliphatic rings. The maximum absolute atomic E-state index is 13.2. The molecule has 0 saturated carbocycles. The number of anilines is 3. The van der Waals surface area contributed by atoms with E-state index in [-0.39, 0.29) is 30.3 Å². The van der Waals surface area contributed by atoms with Gasteiger partial charge in [-0.1, -0.05) is 12.1 Å². The Morgan fingerprint density at radius 3 is 2.04 bits per heavy atom. The Labute approximate surface area is 264 Å². The number of para-hydroxylation sites is 1. The van der Waals surface area contributed by atoms with Gasteiger partial charge < -0.3 is 46.5 Å². The Balaban J connectivity index is 0.000000479. The Bertz CT molecular complexity index is 1550. The molecule has 0 aliphatic carbocycles. The van der Waals surface area contributed by atoms with Crippen LogP contribution in [0, 0.1) is 0 Å². The third kappa shape index (κ3) is 12.7. The fourth-order valence-corrected chi connectivity index (χ4v) is 3.24. The minimum atomic E-state index is -5.08. The summed E-state index contributed by atoms with van der Waals surface area (Å²) in [5.41, 5.74) is 7.53. The second-order valence-electron chi connectivity index (χ2n) is 9.11. The van der Waals surface area contributed by atoms with Crippen molar-refractivity contribution >= 4 is 35.0 Å². The van der Waals surface area contributed by atoms with Gasteiger partial charge in [-0.25, -0.2) is 14.6 Å². The summed E-state index contributed by atoms with van der Waals surface area (Å²) < 4.78 is 98.7. The fourth-order valence-electron chi connectivity index (χ4n) is 3.24. The molecule has 3 aromatic rings. The first-order chi connectivity index (χ1) is 22.2. The van der Waals surface area contributed by atoms with Gasteiger partial charge in [-0.3, -0.25) is 4.79 Å². The third-order valence-electron chi connectivity index (χ3n) is 5.41. The number of aliphatic hydroxyl groups excluding tert-OH is 1. The maximum Gasteiger partial charge on any atom is 0.586 e. The smallest absolute Gasteiger partial charge is 0.475 e. The lowest BCUT2D eigenvalue weighted by Crippen LogP contribution is -2.28. The van der Waals surface area contributed by atoms with Gasteiger partial charge in [0.05, 0.1) is 11.7 Å². The van der Waals surface area contributed by atoms with E-state index in [0.717, 1.165) is 5.56 Å². The maximum atomic E-state index is 13.2. The molecular formula is C27H25F8N5O8. The number of aliphatic carboxylic acids is 2. The van der Waals surface area contributed by atoms with Gasteiger partial charge in [0.1, 0.15) is 5.82 Å². The SMILES string of the molecule is NCC(O)CNc1cc(CNc2ccccc2C(=O)Nc2ccc3c(c2)OC(F)(F)O3)ccn1.O=C(O)C(F)(F)F.O=C(O)C(F)(F)F. The highest BCUT2D eigenvalue weighted by atomic mass is 19.4. The molecule has 0 radical (unpaired) electrons. The predicted octanol–water partition coefficient (Wildman–Crippen LogP) is 4.27. The molecule has 0 fully saturated rings. The van der Waals surface area contributed by atoms with Crippen LogP contribution in [0.5, 0.6) is 11.5 Å². The monoisotopic (exact) mass is 699 g/mol. The molecule has 48 heavy (non-hydrogen) atoms. The zero-order valence-electron chi connectivity index (χ0n) is 23.9. The van der Waals surface area contributed by atoms with Gasteiger partial charge >= 0.3 is 30.6 Å². The first-order valence-corrected chi connectivity index (χ1v) is 12.9. The van der Waals surface area contributed by atoms with Gasteiger partial charge in [0.15, 0.2) is 11.5 Å². The fraction of sp³-hybridized carbons (Fsp3) is 0.259. The summed E-state index contributed by atoms with van der Waals surface area (Å²) in [5.74, 6) is -5.61. The number of hydrogen-bond acceptors (Lipinski definition) is 10. The first-order valence-electron chi connectivity index (χ1n) is 12.9. The average Bonchev–Trinajstić information content (AvgIpc) is 3.31. The van der Waals surface area contributed by atoms with Crippen molar-refractivity contribution < 1.29 is 74.3 Å². The molecule has 0 spiro atoms. The lowest BCUT2D eigenvalue weighted by atomic mass is 10.1. The van der Waals surface area contributed by atoms with E-state index < -0.39 is 42.6 Å². The van der Waals surface area contributed by atoms with E-state index in [4.69, 9.17) is 25.5 Å². The molecule has 4 rings (SSSR count). The summed E-state index contributed by atoms with van der Waals surface area (Å²) in [4.78, 5) is 34.9. The Morgan fingerprint density at radius 2 is 1.46 bits per heavy atom. The van der Waals surface area contributed by atoms with E-state index in [1.165, 1.54) is 18.2 Å². The van der Waals surface area contributed by atoms with Crippen LogP contribution in [0.1, 0.15) is 15.9 Å². The molecule has 2 aromatic carbocycles. The van der Waals surface area contributed by atoms with E-state index in [2.05, 4.69) is 30.4 Å². The van der Waals surface area contributed by atoms with Crippen LogP contribution in [0.25, 0.3) is 0 Å². The number of nitrogens with one attached hydrogen (secondary N) is 3. The summed E-state index contributed by atoms with van der Waals surface area (Å²) in [6.45, 7) is 0.826. The summed E-state index contributed by atoms with van der Waals surface area (Å²) in [6, 6.07) is 14.6. The number of ether oxygens (including phenoxy) is 2. The molecule has 1 atom stereocenters. The number of aliphatic hydroxyl groups is 1. The van der Waals surface area contributed by atoms with Crippen molar-refractivity contribution in [3.05, 3.63) is 71.9 Å². The van der Waals surface area contributed by atoms with Gasteiger partial charge in [0, 0.05) is 43.3 Å². The second kappa shape index (κ2) is 16.4. The van der Waals surface area contributed by atoms with Crippen molar-refractivity contribution in [3.63, 3.8) is 0 Å². The van der Waals surface area contributed by atoms with Gasteiger partial charge in [-0.05, 0) is 42.0 Å². The number of carbonyl (C=O) groups excluding carboxylic acids is 1. The molecule has 21 heteroatoms. The van der Waals surface area contributed by atoms with Gasteiger partial charge in [0.2, 0.25) is 0 Å². The number of hydrogen-bond donors (Lipinski definition) is 7. The number of amides is 1. The zero-order chi connectivity index (χ0) is 36.3. The summed E-state index contributed by atoms with van der Waals surface area (Å²) in [5, 5.41) is 32.8. The molecule has 8 N–H and O–H groups in total. The number of carboxylic acid groups (broad SMARTS) is 2. The minimum Gasteiger partial charge on any atom is -0.475 e. The zero-order valence-corrected chi connectivity index (χ0v) is 23.9. The molecule has 13 nitrogen and oxygen atoms in total. The van der Waals surface area contributed by atoms with Crippen molar-refractivity contribution in [1.29, 1.82) is 0 Å². The molecular weight excluding hydrogens is 674 g/mol. The molecule has 0 bridgehead atoms. The third-order valence-corrected chi connectivity index (χ3v) is 5.41. The topological polar surface area (TPSA) is 205 Å². The number of nitrogens with zero attached hydrogens (tertiary/aromatic N) is 1. The summed E-state index contributed by atoms with van der Waals surface area (Å²) in [7, 11) is 0. The lowest BCUT2D eigenvalue weighted by molar-refractivity contribution is -0.286. The Hall–Kier alpha value is -5.44. The molecule has 1 aliphatic heterocycles. The number of carbonyl (C=O) groups is 3. The largest absolute Gasteiger partial charge is 0.586 e. The van der Waals surface area contributed by atoms with Crippen LogP contribution in [0.3, 0.4) is 0 Å². The van der Waals surface area contributed by atoms with Crippen LogP contribution in [0.2, 0.25) is 0 Å². The molecule has 0 saturated heterocycles. The number of benzene rings is 2. The number of fused-ring (bicyclic) bond motifs is 1. The highest BCUT2D eigenvalue weighted by Crippen LogP contribution is 2.42. The molecule has 2 heterocycles. The van der Waals surface area contributed by atoms with Crippen molar-refractivity contribution in [2.24, 2.45) is 5.73 Å². The second-order valence-corrected chi connectivity index (χ2v) is 9.11. The molecule has 1 unspecified atom stereocenters. The minimum absolute atomic E-state index is 0.103. The van der Waals surface area contributed by atoms with Gasteiger partial charge in [0.25, 0.3) is 5.91 Å². The quantitative estimate of drug-likeness (QED) is 0.157. The Kier molecular flexibility index (Phi) is 13.2. The van der Waals surface area contributed by atoms with Crippen LogP contribution in [0.15, 0.2) is 60.8 Å². The summed E-state index contributed by atoms with van der Waals surface area (Å²) in [6.07, 6.45) is -12.9. The lowest BCUT2D eigenvalue weighted by Gasteiger charge is -2.14. The number of carboxylic acids is 2. The van der Waals surface area contributed by atoms with Crippen LogP contribution < -0.4 is 31.2 Å². The number of rotatable bonds is 9. The number of pyridine rings is 1. The molecule has 1 aromatic heterocycles. The number of alkyl halides is 8. The van der Waals surface area contributed by atoms with Gasteiger partial charge in [-0.2, -0.15) is 26.3 Å². The number of halogens is 8. The van der Waals surface area contributed by atoms with E-state index in [0.29, 0.717) is 23.6 Å². The van der Waals surface area contributed by atoms with Crippen LogP contribution in [0.4, 0.5) is 52.3 Å². The van der Waals surface area contributed by atoms with Crippen molar-refractivity contribution in [1.82, 2.24) is 4.98 Å². The molecule has 262 valence electrons. The Morgan fingerprint density at radius 1 is 0.875 bits per heavy atom.